The lowest BCUT2D eigenvalue weighted by molar-refractivity contribution is 0.768. The summed E-state index contributed by atoms with van der Waals surface area (Å²) in [4.78, 5) is 4.95. The quantitative estimate of drug-likeness (QED) is 0.142. The fraction of sp³-hybridized carbons (Fsp3) is 0.0270. The number of benzene rings is 12. The van der Waals surface area contributed by atoms with Gasteiger partial charge in [0.05, 0.1) is 16.5 Å². The fourth-order valence-corrected chi connectivity index (χ4v) is 13.5. The maximum atomic E-state index is 2.55. The third-order valence-electron chi connectivity index (χ3n) is 16.5. The molecule has 0 saturated heterocycles. The topological polar surface area (TPSA) is 6.48 Å². The summed E-state index contributed by atoms with van der Waals surface area (Å²) in [6.45, 7) is 0. The minimum absolute atomic E-state index is 0.561. The molecule has 2 heteroatoms. The van der Waals surface area contributed by atoms with Crippen LogP contribution in [-0.4, -0.2) is 0 Å². The number of rotatable bonds is 9. The number of hydrogen-bond donors (Lipinski definition) is 0. The fourth-order valence-electron chi connectivity index (χ4n) is 13.5. The van der Waals surface area contributed by atoms with E-state index in [0.29, 0.717) is 0 Å². The summed E-state index contributed by atoms with van der Waals surface area (Å²) in [6, 6.07) is 113. The van der Waals surface area contributed by atoms with Crippen LogP contribution < -0.4 is 9.80 Å². The van der Waals surface area contributed by atoms with Crippen LogP contribution in [0.2, 0.25) is 0 Å². The highest BCUT2D eigenvalue weighted by atomic mass is 15.2. The summed E-state index contributed by atoms with van der Waals surface area (Å²) in [5, 5.41) is 0. The van der Waals surface area contributed by atoms with Gasteiger partial charge in [-0.3, -0.25) is 0 Å². The Morgan fingerprint density at radius 1 is 0.211 bits per heavy atom. The summed E-state index contributed by atoms with van der Waals surface area (Å²) >= 11 is 0. The number of nitrogens with zero attached hydrogens (tertiary/aromatic N) is 2. The standard InChI is InChI=1S/C74H50N2/c1-6-24-51(25-7-1)52-26-22-35-57(48-52)76(71-43-23-42-68-72(71)64-38-18-21-41-67(64)73(68,53-27-8-2-9-28-53)54-29-10-3-11-30-54)59-45-47-63-61-37-17-20-40-66(61)74(70(63)50-59)65-39-19-16-36-60(65)62-46-44-58(49-69(62)74)75(55-31-12-4-13-32-55)56-33-14-5-15-34-56/h1-50H. The van der Waals surface area contributed by atoms with Crippen LogP contribution in [0.25, 0.3) is 44.5 Å². The van der Waals surface area contributed by atoms with Gasteiger partial charge in [-0.25, -0.2) is 0 Å². The summed E-state index contributed by atoms with van der Waals surface area (Å²) in [7, 11) is 0. The summed E-state index contributed by atoms with van der Waals surface area (Å²) in [5.74, 6) is 0. The van der Waals surface area contributed by atoms with Gasteiger partial charge in [0.15, 0.2) is 0 Å². The predicted molar refractivity (Wildman–Crippen MR) is 315 cm³/mol. The number of hydrogen-bond acceptors (Lipinski definition) is 2. The molecule has 12 aromatic rings. The molecule has 0 bridgehead atoms. The van der Waals surface area contributed by atoms with Crippen molar-refractivity contribution in [1.29, 1.82) is 0 Å². The second kappa shape index (κ2) is 17.4. The Hall–Kier alpha value is -9.76. The molecule has 0 aromatic heterocycles. The van der Waals surface area contributed by atoms with Gasteiger partial charge < -0.3 is 9.80 Å². The Bertz CT molecular complexity index is 4080. The highest BCUT2D eigenvalue weighted by Crippen LogP contribution is 2.65. The lowest BCUT2D eigenvalue weighted by Crippen LogP contribution is -2.28. The highest BCUT2D eigenvalue weighted by molar-refractivity contribution is 6.01. The average molecular weight is 967 g/mol. The second-order valence-electron chi connectivity index (χ2n) is 20.3. The Morgan fingerprint density at radius 2 is 0.592 bits per heavy atom. The molecular formula is C74H50N2. The summed E-state index contributed by atoms with van der Waals surface area (Å²) in [6.07, 6.45) is 0. The third kappa shape index (κ3) is 6.34. The van der Waals surface area contributed by atoms with Crippen molar-refractivity contribution in [3.8, 4) is 44.5 Å². The smallest absolute Gasteiger partial charge is 0.0727 e. The minimum atomic E-state index is -0.624. The van der Waals surface area contributed by atoms with Crippen LogP contribution in [0.5, 0.6) is 0 Å². The first-order valence-electron chi connectivity index (χ1n) is 26.4. The van der Waals surface area contributed by atoms with Gasteiger partial charge in [0, 0.05) is 34.0 Å². The molecule has 0 heterocycles. The Morgan fingerprint density at radius 3 is 1.14 bits per heavy atom. The van der Waals surface area contributed by atoms with E-state index >= 15 is 0 Å². The van der Waals surface area contributed by atoms with Crippen LogP contribution in [0.15, 0.2) is 303 Å². The molecule has 1 unspecified atom stereocenters. The van der Waals surface area contributed by atoms with Crippen molar-refractivity contribution in [2.24, 2.45) is 0 Å². The SMILES string of the molecule is c1ccc(-c2cccc(N(c3ccc4c(c3)C3(c5ccccc5-c5ccc(N(c6ccccc6)c6ccccc6)cc53)c3ccccc3-4)c3cccc4c3-c3ccccc3C4(c3ccccc3)c3ccccc3)c2)cc1. The van der Waals surface area contributed by atoms with Crippen LogP contribution in [-0.2, 0) is 10.8 Å². The van der Waals surface area contributed by atoms with Gasteiger partial charge in [-0.05, 0) is 150 Å². The van der Waals surface area contributed by atoms with Gasteiger partial charge >= 0.3 is 0 Å². The van der Waals surface area contributed by atoms with Crippen molar-refractivity contribution in [2.75, 3.05) is 9.80 Å². The number of anilines is 6. The molecular weight excluding hydrogens is 917 g/mol. The van der Waals surface area contributed by atoms with E-state index in [-0.39, 0.29) is 0 Å². The molecule has 15 rings (SSSR count). The zero-order valence-electron chi connectivity index (χ0n) is 41.8. The average Bonchev–Trinajstić information content (AvgIpc) is 4.31. The van der Waals surface area contributed by atoms with E-state index in [2.05, 4.69) is 313 Å². The van der Waals surface area contributed by atoms with Gasteiger partial charge in [-0.2, -0.15) is 0 Å². The van der Waals surface area contributed by atoms with Gasteiger partial charge in [0.1, 0.15) is 0 Å². The van der Waals surface area contributed by atoms with Crippen LogP contribution in [0.3, 0.4) is 0 Å². The predicted octanol–water partition coefficient (Wildman–Crippen LogP) is 19.0. The van der Waals surface area contributed by atoms with Crippen molar-refractivity contribution in [2.45, 2.75) is 10.8 Å². The lowest BCUT2D eigenvalue weighted by Gasteiger charge is -2.35. The maximum absolute atomic E-state index is 2.55. The Kier molecular flexibility index (Phi) is 10.0. The molecule has 1 spiro atoms. The molecule has 356 valence electrons. The molecule has 2 nitrogen and oxygen atoms in total. The Labute approximate surface area is 444 Å². The molecule has 0 radical (unpaired) electrons. The summed E-state index contributed by atoms with van der Waals surface area (Å²) in [5.41, 5.74) is 25.5. The molecule has 0 N–H and O–H groups in total. The van der Waals surface area contributed by atoms with Crippen LogP contribution in [0, 0.1) is 0 Å². The van der Waals surface area contributed by atoms with E-state index in [9.17, 15) is 0 Å². The summed E-state index contributed by atoms with van der Waals surface area (Å²) < 4.78 is 0. The van der Waals surface area contributed by atoms with Crippen molar-refractivity contribution in [3.63, 3.8) is 0 Å². The van der Waals surface area contributed by atoms with E-state index in [1.807, 2.05) is 0 Å². The third-order valence-corrected chi connectivity index (χ3v) is 16.5. The monoisotopic (exact) mass is 966 g/mol. The molecule has 0 fully saturated rings. The number of para-hydroxylation sites is 2. The molecule has 0 saturated carbocycles. The van der Waals surface area contributed by atoms with E-state index in [1.54, 1.807) is 0 Å². The largest absolute Gasteiger partial charge is 0.310 e. The normalized spacial score (nSPS) is 14.7. The zero-order chi connectivity index (χ0) is 50.2. The molecule has 1 atom stereocenters. The first-order chi connectivity index (χ1) is 37.7. The van der Waals surface area contributed by atoms with Crippen molar-refractivity contribution in [3.05, 3.63) is 348 Å². The van der Waals surface area contributed by atoms with Gasteiger partial charge in [-0.1, -0.05) is 237 Å². The lowest BCUT2D eigenvalue weighted by atomic mass is 9.68. The maximum Gasteiger partial charge on any atom is 0.0727 e. The molecule has 3 aliphatic carbocycles. The van der Waals surface area contributed by atoms with Gasteiger partial charge in [0.2, 0.25) is 0 Å². The Balaban J connectivity index is 1.01. The number of fused-ring (bicyclic) bond motifs is 13. The van der Waals surface area contributed by atoms with Crippen molar-refractivity contribution < 1.29 is 0 Å². The molecule has 12 aromatic carbocycles. The van der Waals surface area contributed by atoms with Gasteiger partial charge in [-0.15, -0.1) is 0 Å². The minimum Gasteiger partial charge on any atom is -0.310 e. The van der Waals surface area contributed by atoms with Crippen LogP contribution in [0.1, 0.15) is 44.5 Å². The van der Waals surface area contributed by atoms with E-state index in [0.717, 1.165) is 39.7 Å². The van der Waals surface area contributed by atoms with Crippen molar-refractivity contribution in [1.82, 2.24) is 0 Å². The zero-order valence-corrected chi connectivity index (χ0v) is 41.8. The molecule has 3 aliphatic rings. The molecule has 76 heavy (non-hydrogen) atoms. The van der Waals surface area contributed by atoms with E-state index in [4.69, 9.17) is 0 Å². The highest BCUT2D eigenvalue weighted by Gasteiger charge is 2.53. The molecule has 0 amide bonds. The van der Waals surface area contributed by atoms with Crippen LogP contribution >= 0.6 is 0 Å². The molecule has 0 aliphatic heterocycles. The first-order valence-corrected chi connectivity index (χ1v) is 26.4. The van der Waals surface area contributed by atoms with Crippen LogP contribution in [0.4, 0.5) is 34.1 Å². The van der Waals surface area contributed by atoms with E-state index in [1.165, 1.54) is 83.5 Å². The van der Waals surface area contributed by atoms with E-state index < -0.39 is 10.8 Å². The second-order valence-corrected chi connectivity index (χ2v) is 20.3. The van der Waals surface area contributed by atoms with Crippen molar-refractivity contribution >= 4 is 34.1 Å². The van der Waals surface area contributed by atoms with Gasteiger partial charge in [0.25, 0.3) is 0 Å². The first kappa shape index (κ1) is 43.8.